The average molecular weight is 454 g/mol. The van der Waals surface area contributed by atoms with Crippen LogP contribution in [0.1, 0.15) is 34.1 Å². The van der Waals surface area contributed by atoms with E-state index < -0.39 is 26.5 Å². The molecule has 0 aromatic carbocycles. The van der Waals surface area contributed by atoms with Crippen molar-refractivity contribution in [1.29, 1.82) is 5.26 Å². The van der Waals surface area contributed by atoms with Gasteiger partial charge < -0.3 is 18.1 Å². The molecule has 0 aromatic heterocycles. The Morgan fingerprint density at radius 2 is 1.62 bits per heavy atom. The van der Waals surface area contributed by atoms with E-state index in [1.54, 1.807) is 0 Å². The summed E-state index contributed by atoms with van der Waals surface area (Å²) in [5.74, 6) is 0.0812. The van der Waals surface area contributed by atoms with E-state index in [0.717, 1.165) is 11.8 Å². The maximum Gasteiger partial charge on any atom is 0.320 e. The number of nitrogens with zero attached hydrogens (tertiary/aromatic N) is 2. The van der Waals surface area contributed by atoms with Gasteiger partial charge in [-0.15, -0.1) is 0 Å². The normalized spacial score (nSPS) is 14.5. The Morgan fingerprint density at radius 3 is 2.03 bits per heavy atom. The summed E-state index contributed by atoms with van der Waals surface area (Å²) in [7, 11) is 21.2. The Labute approximate surface area is 186 Å². The van der Waals surface area contributed by atoms with Crippen LogP contribution in [-0.2, 0) is 22.7 Å². The molecule has 14 heteroatoms. The Bertz CT molecular complexity index is 565. The lowest BCUT2D eigenvalue weighted by molar-refractivity contribution is 0.158. The first-order valence-electron chi connectivity index (χ1n) is 8.99. The Hall–Kier alpha value is 0.560. The molecule has 0 spiro atoms. The van der Waals surface area contributed by atoms with Gasteiger partial charge in [-0.05, 0) is 33.4 Å². The van der Waals surface area contributed by atoms with Crippen molar-refractivity contribution < 1.29 is 22.7 Å². The monoisotopic (exact) mass is 454 g/mol. The minimum atomic E-state index is -3.70. The van der Waals surface area contributed by atoms with Gasteiger partial charge in [-0.3, -0.25) is 4.57 Å². The van der Waals surface area contributed by atoms with E-state index in [1.807, 2.05) is 38.4 Å². The van der Waals surface area contributed by atoms with E-state index in [1.165, 1.54) is 14.2 Å². The predicted molar refractivity (Wildman–Crippen MR) is 124 cm³/mol. The Morgan fingerprint density at radius 1 is 1.10 bits per heavy atom. The summed E-state index contributed by atoms with van der Waals surface area (Å²) in [5, 5.41) is 7.19. The van der Waals surface area contributed by atoms with Crippen LogP contribution in [0.4, 0.5) is 0 Å². The topological polar surface area (TPSA) is 81.0 Å². The van der Waals surface area contributed by atoms with Crippen LogP contribution in [0.5, 0.6) is 0 Å². The molecule has 8 radical (unpaired) electrons. The first-order chi connectivity index (χ1) is 13.3. The van der Waals surface area contributed by atoms with E-state index in [4.69, 9.17) is 54.7 Å². The lowest BCUT2D eigenvalue weighted by Gasteiger charge is -2.40. The molecule has 1 unspecified atom stereocenters. The second-order valence-corrected chi connectivity index (χ2v) is 11.9. The van der Waals surface area contributed by atoms with Gasteiger partial charge in [0, 0.05) is 42.4 Å². The minimum absolute atomic E-state index is 0.00322. The number of rotatable bonds is 15. The molecule has 0 bridgehead atoms. The standard InChI is InChI=1S/C15H28B4N2O5P2S/c1-12(2)21(13(3)4)27(25-9-7-8-20)26-14(16,17)10-29-11-15(18,19)28(22,23-5)24-6/h12-13H,7,9-11H2,1-6H3. The number of nitriles is 1. The third-order valence-corrected chi connectivity index (χ3v) is 9.45. The molecule has 29 heavy (non-hydrogen) atoms. The summed E-state index contributed by atoms with van der Waals surface area (Å²) >= 11 is 1.15. The quantitative estimate of drug-likeness (QED) is 0.213. The zero-order chi connectivity index (χ0) is 22.9. The van der Waals surface area contributed by atoms with Crippen molar-refractivity contribution in [3.8, 4) is 6.07 Å². The van der Waals surface area contributed by atoms with Gasteiger partial charge in [0.2, 0.25) is 0 Å². The van der Waals surface area contributed by atoms with E-state index in [9.17, 15) is 4.57 Å². The molecule has 1 atom stereocenters. The van der Waals surface area contributed by atoms with Gasteiger partial charge in [-0.2, -0.15) is 17.0 Å². The minimum Gasteiger partial charge on any atom is -0.334 e. The van der Waals surface area contributed by atoms with Crippen LogP contribution in [0.3, 0.4) is 0 Å². The molecular weight excluding hydrogens is 425 g/mol. The van der Waals surface area contributed by atoms with Crippen LogP contribution in [0.25, 0.3) is 0 Å². The highest BCUT2D eigenvalue weighted by Gasteiger charge is 2.41. The van der Waals surface area contributed by atoms with Crippen molar-refractivity contribution in [2.45, 2.75) is 56.6 Å². The van der Waals surface area contributed by atoms with Crippen LogP contribution >= 0.6 is 27.9 Å². The van der Waals surface area contributed by atoms with E-state index in [2.05, 4.69) is 0 Å². The lowest BCUT2D eigenvalue weighted by Crippen LogP contribution is -2.42. The van der Waals surface area contributed by atoms with Crippen LogP contribution in [0, 0.1) is 11.3 Å². The maximum atomic E-state index is 12.4. The van der Waals surface area contributed by atoms with Crippen LogP contribution < -0.4 is 0 Å². The van der Waals surface area contributed by atoms with Gasteiger partial charge in [0.05, 0.1) is 34.8 Å². The first-order valence-corrected chi connectivity index (χ1v) is 12.8. The van der Waals surface area contributed by atoms with Gasteiger partial charge in [-0.25, -0.2) is 4.67 Å². The zero-order valence-electron chi connectivity index (χ0n) is 18.0. The summed E-state index contributed by atoms with van der Waals surface area (Å²) in [6, 6.07) is 2.22. The maximum absolute atomic E-state index is 12.4. The summed E-state index contributed by atoms with van der Waals surface area (Å²) in [5.41, 5.74) is 0. The average Bonchev–Trinajstić information content (AvgIpc) is 2.59. The summed E-state index contributed by atoms with van der Waals surface area (Å²) < 4.78 is 35.9. The molecule has 0 aliphatic rings. The number of hydrogen-bond acceptors (Lipinski definition) is 8. The Balaban J connectivity index is 5.14. The molecule has 0 aliphatic heterocycles. The highest BCUT2D eigenvalue weighted by atomic mass is 32.2. The third kappa shape index (κ3) is 9.71. The Kier molecular flexibility index (Phi) is 13.4. The van der Waals surface area contributed by atoms with Crippen molar-refractivity contribution in [3.05, 3.63) is 0 Å². The van der Waals surface area contributed by atoms with E-state index in [-0.39, 0.29) is 36.6 Å². The van der Waals surface area contributed by atoms with Crippen molar-refractivity contribution in [1.82, 2.24) is 4.67 Å². The molecule has 0 fully saturated rings. The van der Waals surface area contributed by atoms with Gasteiger partial charge in [-0.1, -0.05) is 0 Å². The smallest absolute Gasteiger partial charge is 0.320 e. The largest absolute Gasteiger partial charge is 0.334 e. The second kappa shape index (κ2) is 13.2. The molecule has 0 amide bonds. The van der Waals surface area contributed by atoms with E-state index in [0.29, 0.717) is 0 Å². The highest BCUT2D eigenvalue weighted by molar-refractivity contribution is 8.00. The van der Waals surface area contributed by atoms with Gasteiger partial charge in [0.1, 0.15) is 15.7 Å². The van der Waals surface area contributed by atoms with E-state index >= 15 is 0 Å². The second-order valence-electron chi connectivity index (χ2n) is 6.94. The fourth-order valence-corrected chi connectivity index (χ4v) is 6.59. The molecule has 0 aromatic rings. The molecule has 0 N–H and O–H groups in total. The molecule has 156 valence electrons. The number of thioether (sulfide) groups is 1. The van der Waals surface area contributed by atoms with Crippen molar-refractivity contribution in [3.63, 3.8) is 0 Å². The SMILES string of the molecule is [B]C([B])(CSCC([B])([B])P(=O)(OC)OC)OP(OCCC#N)N(C(C)C)C(C)C. The van der Waals surface area contributed by atoms with Gasteiger partial charge in [0.15, 0.2) is 0 Å². The molecule has 7 nitrogen and oxygen atoms in total. The van der Waals surface area contributed by atoms with Crippen LogP contribution in [-0.4, -0.2) is 90.8 Å². The molecule has 0 aliphatic carbocycles. The third-order valence-electron chi connectivity index (χ3n) is 3.56. The lowest BCUT2D eigenvalue weighted by atomic mass is 9.67. The van der Waals surface area contributed by atoms with Crippen molar-refractivity contribution in [2.75, 3.05) is 32.3 Å². The van der Waals surface area contributed by atoms with Crippen molar-refractivity contribution in [2.24, 2.45) is 0 Å². The summed E-state index contributed by atoms with van der Waals surface area (Å²) in [4.78, 5) is -1.73. The van der Waals surface area contributed by atoms with Gasteiger partial charge >= 0.3 is 7.60 Å². The number of hydrogen-bond donors (Lipinski definition) is 0. The van der Waals surface area contributed by atoms with Crippen molar-refractivity contribution >= 4 is 59.3 Å². The fraction of sp³-hybridized carbons (Fsp3) is 0.933. The molecular formula is C15H28B4N2O5P2S. The summed E-state index contributed by atoms with van der Waals surface area (Å²) in [6.07, 6.45) is 0.218. The fourth-order valence-electron chi connectivity index (χ4n) is 2.32. The molecule has 0 saturated heterocycles. The first kappa shape index (κ1) is 29.6. The highest BCUT2D eigenvalue weighted by Crippen LogP contribution is 2.57. The molecule has 0 heterocycles. The zero-order valence-corrected chi connectivity index (χ0v) is 20.6. The molecule has 0 saturated carbocycles. The molecule has 0 rings (SSSR count). The van der Waals surface area contributed by atoms with Gasteiger partial charge in [0.25, 0.3) is 8.53 Å². The predicted octanol–water partition coefficient (Wildman–Crippen LogP) is 2.48. The summed E-state index contributed by atoms with van der Waals surface area (Å²) in [6.45, 7) is 8.20. The van der Waals surface area contributed by atoms with Crippen LogP contribution in [0.2, 0.25) is 0 Å². The van der Waals surface area contributed by atoms with Crippen LogP contribution in [0.15, 0.2) is 0 Å².